The first-order valence-corrected chi connectivity index (χ1v) is 11.1. The van der Waals surface area contributed by atoms with Gasteiger partial charge in [0.1, 0.15) is 12.4 Å². The van der Waals surface area contributed by atoms with Crippen molar-refractivity contribution in [3.05, 3.63) is 65.5 Å². The van der Waals surface area contributed by atoms with Crippen molar-refractivity contribution in [2.24, 2.45) is 5.92 Å². The molecule has 7 nitrogen and oxygen atoms in total. The van der Waals surface area contributed by atoms with Crippen LogP contribution in [0.3, 0.4) is 0 Å². The van der Waals surface area contributed by atoms with Crippen LogP contribution in [0.1, 0.15) is 43.1 Å². The van der Waals surface area contributed by atoms with Gasteiger partial charge in [0.05, 0.1) is 6.04 Å². The van der Waals surface area contributed by atoms with Gasteiger partial charge in [0, 0.05) is 37.8 Å². The van der Waals surface area contributed by atoms with E-state index in [1.165, 1.54) is 19.1 Å². The van der Waals surface area contributed by atoms with Crippen molar-refractivity contribution >= 4 is 23.6 Å². The van der Waals surface area contributed by atoms with Crippen molar-refractivity contribution in [2.45, 2.75) is 39.8 Å². The highest BCUT2D eigenvalue weighted by Crippen LogP contribution is 2.22. The van der Waals surface area contributed by atoms with Crippen LogP contribution in [-0.4, -0.2) is 53.4 Å². The normalized spacial score (nSPS) is 16.0. The molecule has 8 heteroatoms. The molecule has 2 aromatic carbocycles. The number of rotatable bonds is 6. The molecule has 1 N–H and O–H groups in total. The lowest BCUT2D eigenvalue weighted by Crippen LogP contribution is -2.57. The maximum atomic E-state index is 14.1. The lowest BCUT2D eigenvalue weighted by atomic mass is 9.99. The lowest BCUT2D eigenvalue weighted by Gasteiger charge is -2.41. The molecule has 0 aliphatic carbocycles. The molecule has 1 fully saturated rings. The summed E-state index contributed by atoms with van der Waals surface area (Å²) in [6.07, 6.45) is 0.292. The number of nitrogens with zero attached hydrogens (tertiary/aromatic N) is 2. The van der Waals surface area contributed by atoms with Crippen LogP contribution in [-0.2, 0) is 16.1 Å². The summed E-state index contributed by atoms with van der Waals surface area (Å²) in [5.74, 6) is -0.993. The van der Waals surface area contributed by atoms with Gasteiger partial charge in [-0.25, -0.2) is 9.18 Å². The number of nitrogens with one attached hydrogen (secondary N) is 1. The van der Waals surface area contributed by atoms with Gasteiger partial charge in [0.25, 0.3) is 5.91 Å². The van der Waals surface area contributed by atoms with Crippen molar-refractivity contribution in [2.75, 3.05) is 25.0 Å². The quantitative estimate of drug-likeness (QED) is 0.705. The fraction of sp³-hybridized carbons (Fsp3) is 0.400. The van der Waals surface area contributed by atoms with Gasteiger partial charge in [-0.3, -0.25) is 9.59 Å². The number of carbonyl (C=O) groups is 3. The van der Waals surface area contributed by atoms with Crippen LogP contribution in [0.5, 0.6) is 0 Å². The topological polar surface area (TPSA) is 79.0 Å². The zero-order valence-electron chi connectivity index (χ0n) is 19.2. The van der Waals surface area contributed by atoms with E-state index in [9.17, 15) is 18.8 Å². The van der Waals surface area contributed by atoms with Crippen molar-refractivity contribution in [3.63, 3.8) is 0 Å². The maximum absolute atomic E-state index is 14.1. The molecular weight excluding hydrogens is 425 g/mol. The van der Waals surface area contributed by atoms with Crippen LogP contribution in [0.4, 0.5) is 14.9 Å². The van der Waals surface area contributed by atoms with E-state index in [1.54, 1.807) is 9.80 Å². The van der Waals surface area contributed by atoms with E-state index in [-0.39, 0.29) is 35.7 Å². The van der Waals surface area contributed by atoms with Gasteiger partial charge in [-0.2, -0.15) is 0 Å². The highest BCUT2D eigenvalue weighted by atomic mass is 19.1. The summed E-state index contributed by atoms with van der Waals surface area (Å²) in [7, 11) is 0. The largest absolute Gasteiger partial charge is 0.445 e. The van der Waals surface area contributed by atoms with Gasteiger partial charge in [0.15, 0.2) is 0 Å². The minimum Gasteiger partial charge on any atom is -0.445 e. The number of hydrogen-bond donors (Lipinski definition) is 1. The molecule has 33 heavy (non-hydrogen) atoms. The third kappa shape index (κ3) is 6.78. The number of halogens is 1. The van der Waals surface area contributed by atoms with Crippen molar-refractivity contribution in [3.8, 4) is 0 Å². The Morgan fingerprint density at radius 2 is 1.85 bits per heavy atom. The van der Waals surface area contributed by atoms with Crippen molar-refractivity contribution in [1.29, 1.82) is 0 Å². The maximum Gasteiger partial charge on any atom is 0.410 e. The summed E-state index contributed by atoms with van der Waals surface area (Å²) in [6.45, 7) is 6.57. The smallest absolute Gasteiger partial charge is 0.410 e. The molecule has 0 aromatic heterocycles. The molecule has 2 aromatic rings. The summed E-state index contributed by atoms with van der Waals surface area (Å²) in [5, 5.41) is 2.51. The van der Waals surface area contributed by atoms with Crippen LogP contribution in [0.25, 0.3) is 0 Å². The Hall–Kier alpha value is -3.42. The van der Waals surface area contributed by atoms with Gasteiger partial charge in [-0.15, -0.1) is 0 Å². The van der Waals surface area contributed by atoms with E-state index in [1.807, 2.05) is 30.3 Å². The van der Waals surface area contributed by atoms with Crippen LogP contribution >= 0.6 is 0 Å². The Morgan fingerprint density at radius 1 is 1.12 bits per heavy atom. The lowest BCUT2D eigenvalue weighted by molar-refractivity contribution is -0.114. The van der Waals surface area contributed by atoms with E-state index in [4.69, 9.17) is 4.74 Å². The SMILES string of the molecule is CC(=O)Nc1cc(F)cc(C(=O)N2CCN(C(=O)OCc3ccccc3)[C@@H](CC(C)C)C2)c1. The van der Waals surface area contributed by atoms with Crippen LogP contribution in [0.2, 0.25) is 0 Å². The molecule has 0 bridgehead atoms. The zero-order valence-corrected chi connectivity index (χ0v) is 19.2. The molecule has 176 valence electrons. The Kier molecular flexibility index (Phi) is 8.03. The number of amides is 3. The molecule has 1 saturated heterocycles. The molecule has 0 radical (unpaired) electrons. The summed E-state index contributed by atoms with van der Waals surface area (Å²) in [4.78, 5) is 40.6. The highest BCUT2D eigenvalue weighted by molar-refractivity contribution is 5.97. The molecule has 1 aliphatic rings. The first kappa shape index (κ1) is 24.2. The third-order valence-corrected chi connectivity index (χ3v) is 5.42. The van der Waals surface area contributed by atoms with Gasteiger partial charge in [0.2, 0.25) is 5.91 Å². The number of piperazine rings is 1. The Morgan fingerprint density at radius 3 is 2.52 bits per heavy atom. The monoisotopic (exact) mass is 455 g/mol. The summed E-state index contributed by atoms with van der Waals surface area (Å²) >= 11 is 0. The van der Waals surface area contributed by atoms with Crippen molar-refractivity contribution < 1.29 is 23.5 Å². The summed E-state index contributed by atoms with van der Waals surface area (Å²) in [5.41, 5.74) is 1.29. The molecule has 0 unspecified atom stereocenters. The average Bonchev–Trinajstić information content (AvgIpc) is 2.76. The Bertz CT molecular complexity index is 996. The highest BCUT2D eigenvalue weighted by Gasteiger charge is 2.34. The molecule has 1 heterocycles. The molecule has 1 atom stereocenters. The Balaban J connectivity index is 1.70. The van der Waals surface area contributed by atoms with E-state index < -0.39 is 11.9 Å². The van der Waals surface area contributed by atoms with E-state index in [2.05, 4.69) is 19.2 Å². The number of ether oxygens (including phenoxy) is 1. The first-order valence-electron chi connectivity index (χ1n) is 11.1. The van der Waals surface area contributed by atoms with E-state index >= 15 is 0 Å². The molecule has 0 saturated carbocycles. The second-order valence-corrected chi connectivity index (χ2v) is 8.68. The van der Waals surface area contributed by atoms with Crippen LogP contribution < -0.4 is 5.32 Å². The molecule has 3 rings (SSSR count). The summed E-state index contributed by atoms with van der Waals surface area (Å²) < 4.78 is 19.6. The second-order valence-electron chi connectivity index (χ2n) is 8.68. The first-order chi connectivity index (χ1) is 15.7. The average molecular weight is 456 g/mol. The molecule has 1 aliphatic heterocycles. The Labute approximate surface area is 193 Å². The van der Waals surface area contributed by atoms with Gasteiger partial charge in [-0.05, 0) is 36.1 Å². The van der Waals surface area contributed by atoms with Gasteiger partial charge in [-0.1, -0.05) is 44.2 Å². The minimum atomic E-state index is -0.605. The summed E-state index contributed by atoms with van der Waals surface area (Å²) in [6, 6.07) is 13.0. The van der Waals surface area contributed by atoms with Crippen LogP contribution in [0.15, 0.2) is 48.5 Å². The van der Waals surface area contributed by atoms with Crippen LogP contribution in [0, 0.1) is 11.7 Å². The van der Waals surface area contributed by atoms with Crippen molar-refractivity contribution in [1.82, 2.24) is 9.80 Å². The predicted octanol–water partition coefficient (Wildman–Crippen LogP) is 4.29. The fourth-order valence-corrected chi connectivity index (χ4v) is 4.00. The molecule has 3 amide bonds. The van der Waals surface area contributed by atoms with Gasteiger partial charge >= 0.3 is 6.09 Å². The van der Waals surface area contributed by atoms with Gasteiger partial charge < -0.3 is 19.9 Å². The number of hydrogen-bond acceptors (Lipinski definition) is 4. The fourth-order valence-electron chi connectivity index (χ4n) is 4.00. The van der Waals surface area contributed by atoms with E-state index in [0.29, 0.717) is 32.0 Å². The molecular formula is C25H30FN3O4. The minimum absolute atomic E-state index is 0.155. The standard InChI is InChI=1S/C25H30FN3O4/c1-17(2)11-23-15-28(24(31)20-12-21(26)14-22(13-20)27-18(3)30)9-10-29(23)25(32)33-16-19-7-5-4-6-8-19/h4-8,12-14,17,23H,9-11,15-16H2,1-3H3,(H,27,30)/t23-/m0/s1. The zero-order chi connectivity index (χ0) is 24.0. The second kappa shape index (κ2) is 10.9. The van der Waals surface area contributed by atoms with E-state index in [0.717, 1.165) is 11.6 Å². The predicted molar refractivity (Wildman–Crippen MR) is 123 cm³/mol. The molecule has 0 spiro atoms. The third-order valence-electron chi connectivity index (χ3n) is 5.42. The number of benzene rings is 2. The number of anilines is 1. The number of carbonyl (C=O) groups excluding carboxylic acids is 3.